The Morgan fingerprint density at radius 1 is 1.25 bits per heavy atom. The second-order valence-corrected chi connectivity index (χ2v) is 7.30. The number of carboxylic acids is 1. The molecule has 170 valence electrons. The van der Waals surface area contributed by atoms with Gasteiger partial charge in [0.05, 0.1) is 12.8 Å². The maximum atomic E-state index is 13.5. The molecular weight excluding hydrogens is 451 g/mol. The van der Waals surface area contributed by atoms with Gasteiger partial charge >= 0.3 is 6.18 Å². The van der Waals surface area contributed by atoms with Crippen molar-refractivity contribution in [1.82, 2.24) is 14.8 Å². The van der Waals surface area contributed by atoms with Gasteiger partial charge in [-0.15, -0.1) is 10.2 Å². The number of carboxylic acid groups (broad SMARTS) is 1. The van der Waals surface area contributed by atoms with E-state index >= 15 is 0 Å². The number of hydrogen-bond acceptors (Lipinski definition) is 5. The maximum Gasteiger partial charge on any atom is 0.452 e. The minimum Gasteiger partial charge on any atom is -0.496 e. The van der Waals surface area contributed by atoms with Crippen molar-refractivity contribution in [2.75, 3.05) is 7.11 Å². The molecular formula is C21H19ClF3N3O4. The number of rotatable bonds is 2. The lowest BCUT2D eigenvalue weighted by Crippen LogP contribution is -2.16. The Balaban J connectivity index is 0.000000668. The molecule has 11 heteroatoms. The van der Waals surface area contributed by atoms with Crippen LogP contribution in [0.5, 0.6) is 5.75 Å². The second kappa shape index (κ2) is 9.17. The first-order valence-corrected chi connectivity index (χ1v) is 9.68. The quantitative estimate of drug-likeness (QED) is 0.570. The second-order valence-electron chi connectivity index (χ2n) is 6.86. The molecule has 4 rings (SSSR count). The Morgan fingerprint density at radius 3 is 2.56 bits per heavy atom. The van der Waals surface area contributed by atoms with Gasteiger partial charge in [0.1, 0.15) is 18.5 Å². The van der Waals surface area contributed by atoms with Gasteiger partial charge in [-0.3, -0.25) is 9.36 Å². The number of methoxy groups -OCH3 is 1. The van der Waals surface area contributed by atoms with Crippen LogP contribution >= 0.6 is 11.6 Å². The normalized spacial score (nSPS) is 15.0. The molecule has 0 spiro atoms. The van der Waals surface area contributed by atoms with Crippen molar-refractivity contribution in [2.24, 2.45) is 0 Å². The molecule has 32 heavy (non-hydrogen) atoms. The van der Waals surface area contributed by atoms with Gasteiger partial charge in [0.25, 0.3) is 5.97 Å². The summed E-state index contributed by atoms with van der Waals surface area (Å²) in [6.45, 7) is 2.81. The standard InChI is InChI=1S/C19H15ClF3N3O2.C2H4O2/c1-10-12(4-3-5-15(10)27-2)17-13-8-11(20)6-7-14(13)26-16(9-28-17)24-25-18(26)19(21,22)23;1-2(3)4/h3-8,17H,9H2,1-2H3;1H3,(H,3,4)/t17-;/m1./s1. The molecule has 0 bridgehead atoms. The van der Waals surface area contributed by atoms with E-state index in [0.717, 1.165) is 22.6 Å². The largest absolute Gasteiger partial charge is 0.496 e. The molecule has 0 saturated heterocycles. The van der Waals surface area contributed by atoms with Crippen LogP contribution in [0.2, 0.25) is 5.02 Å². The SMILES string of the molecule is CC(=O)O.COc1cccc([C@H]2OCc3nnc(C(F)(F)F)n3-c3ccc(Cl)cc32)c1C. The summed E-state index contributed by atoms with van der Waals surface area (Å²) in [5.41, 5.74) is 2.37. The van der Waals surface area contributed by atoms with E-state index in [0.29, 0.717) is 16.3 Å². The van der Waals surface area contributed by atoms with Crippen LogP contribution in [-0.2, 0) is 22.3 Å². The summed E-state index contributed by atoms with van der Waals surface area (Å²) in [5, 5.41) is 14.8. The molecule has 1 aliphatic rings. The predicted octanol–water partition coefficient (Wildman–Crippen LogP) is 4.97. The lowest BCUT2D eigenvalue weighted by atomic mass is 9.95. The van der Waals surface area contributed by atoms with Crippen LogP contribution < -0.4 is 4.74 Å². The first-order chi connectivity index (χ1) is 15.0. The van der Waals surface area contributed by atoms with Gasteiger partial charge in [0.15, 0.2) is 5.82 Å². The number of aromatic nitrogens is 3. The van der Waals surface area contributed by atoms with E-state index in [2.05, 4.69) is 10.2 Å². The van der Waals surface area contributed by atoms with E-state index in [1.807, 2.05) is 19.1 Å². The van der Waals surface area contributed by atoms with Crippen molar-refractivity contribution >= 4 is 17.6 Å². The van der Waals surface area contributed by atoms with Crippen LogP contribution in [0.3, 0.4) is 0 Å². The van der Waals surface area contributed by atoms with Crippen molar-refractivity contribution in [1.29, 1.82) is 0 Å². The average Bonchev–Trinajstić information content (AvgIpc) is 3.07. The highest BCUT2D eigenvalue weighted by molar-refractivity contribution is 6.30. The Bertz CT molecular complexity index is 1140. The molecule has 2 aromatic carbocycles. The van der Waals surface area contributed by atoms with Gasteiger partial charge in [-0.25, -0.2) is 0 Å². The van der Waals surface area contributed by atoms with Gasteiger partial charge in [-0.1, -0.05) is 23.7 Å². The summed E-state index contributed by atoms with van der Waals surface area (Å²) in [6, 6.07) is 10.1. The number of carbonyl (C=O) groups is 1. The van der Waals surface area contributed by atoms with Crippen molar-refractivity contribution in [2.45, 2.75) is 32.7 Å². The van der Waals surface area contributed by atoms with Crippen LogP contribution in [0.1, 0.15) is 41.4 Å². The predicted molar refractivity (Wildman–Crippen MR) is 109 cm³/mol. The summed E-state index contributed by atoms with van der Waals surface area (Å²) in [6.07, 6.45) is -5.31. The first kappa shape index (κ1) is 23.6. The fourth-order valence-electron chi connectivity index (χ4n) is 3.43. The molecule has 0 amide bonds. The molecule has 1 aliphatic heterocycles. The Morgan fingerprint density at radius 2 is 1.94 bits per heavy atom. The van der Waals surface area contributed by atoms with Crippen LogP contribution in [-0.4, -0.2) is 33.0 Å². The molecule has 0 saturated carbocycles. The Hall–Kier alpha value is -3.11. The van der Waals surface area contributed by atoms with Gasteiger partial charge < -0.3 is 14.6 Å². The summed E-state index contributed by atoms with van der Waals surface area (Å²) in [5.74, 6) is -1.21. The zero-order valence-electron chi connectivity index (χ0n) is 17.3. The monoisotopic (exact) mass is 469 g/mol. The Labute approximate surface area is 186 Å². The first-order valence-electron chi connectivity index (χ1n) is 9.30. The van der Waals surface area contributed by atoms with Crippen LogP contribution in [0, 0.1) is 6.92 Å². The number of alkyl halides is 3. The van der Waals surface area contributed by atoms with E-state index in [4.69, 9.17) is 31.0 Å². The summed E-state index contributed by atoms with van der Waals surface area (Å²) >= 11 is 6.17. The Kier molecular flexibility index (Phi) is 6.75. The van der Waals surface area contributed by atoms with Crippen LogP contribution in [0.25, 0.3) is 5.69 Å². The number of aliphatic carboxylic acids is 1. The van der Waals surface area contributed by atoms with E-state index in [-0.39, 0.29) is 18.1 Å². The smallest absolute Gasteiger partial charge is 0.452 e. The average molecular weight is 470 g/mol. The number of hydrogen-bond donors (Lipinski definition) is 1. The molecule has 3 aromatic rings. The maximum absolute atomic E-state index is 13.5. The number of ether oxygens (including phenoxy) is 2. The van der Waals surface area contributed by atoms with Gasteiger partial charge in [0.2, 0.25) is 5.82 Å². The third kappa shape index (κ3) is 4.71. The van der Waals surface area contributed by atoms with E-state index in [1.165, 1.54) is 12.1 Å². The molecule has 1 aromatic heterocycles. The third-order valence-electron chi connectivity index (χ3n) is 4.70. The van der Waals surface area contributed by atoms with Crippen molar-refractivity contribution in [3.8, 4) is 11.4 Å². The van der Waals surface area contributed by atoms with E-state index < -0.39 is 24.1 Å². The van der Waals surface area contributed by atoms with Gasteiger partial charge in [-0.2, -0.15) is 13.2 Å². The van der Waals surface area contributed by atoms with Crippen LogP contribution in [0.15, 0.2) is 36.4 Å². The molecule has 2 heterocycles. The molecule has 7 nitrogen and oxygen atoms in total. The fourth-order valence-corrected chi connectivity index (χ4v) is 3.61. The number of benzene rings is 2. The molecule has 0 unspecified atom stereocenters. The van der Waals surface area contributed by atoms with Crippen molar-refractivity contribution < 1.29 is 32.5 Å². The lowest BCUT2D eigenvalue weighted by molar-refractivity contribution is -0.146. The molecule has 1 atom stereocenters. The fraction of sp³-hybridized carbons (Fsp3) is 0.286. The molecule has 0 aliphatic carbocycles. The lowest BCUT2D eigenvalue weighted by Gasteiger charge is -2.22. The van der Waals surface area contributed by atoms with Gasteiger partial charge in [0, 0.05) is 17.5 Å². The summed E-state index contributed by atoms with van der Waals surface area (Å²) in [7, 11) is 1.56. The number of fused-ring (bicyclic) bond motifs is 3. The highest BCUT2D eigenvalue weighted by Gasteiger charge is 2.41. The minimum atomic E-state index is -4.66. The van der Waals surface area contributed by atoms with Crippen molar-refractivity contribution in [3.05, 3.63) is 69.8 Å². The van der Waals surface area contributed by atoms with Crippen molar-refractivity contribution in [3.63, 3.8) is 0 Å². The van der Waals surface area contributed by atoms with E-state index in [9.17, 15) is 13.2 Å². The molecule has 1 N–H and O–H groups in total. The minimum absolute atomic E-state index is 0.0685. The topological polar surface area (TPSA) is 86.5 Å². The molecule has 0 fully saturated rings. The number of nitrogens with zero attached hydrogens (tertiary/aromatic N) is 3. The zero-order valence-corrected chi connectivity index (χ0v) is 18.0. The number of halogens is 4. The highest BCUT2D eigenvalue weighted by Crippen LogP contribution is 2.41. The zero-order chi connectivity index (χ0) is 23.6. The third-order valence-corrected chi connectivity index (χ3v) is 4.94. The highest BCUT2D eigenvalue weighted by atomic mass is 35.5. The van der Waals surface area contributed by atoms with Gasteiger partial charge in [-0.05, 0) is 42.3 Å². The summed E-state index contributed by atoms with van der Waals surface area (Å²) in [4.78, 5) is 9.00. The van der Waals surface area contributed by atoms with Crippen LogP contribution in [0.4, 0.5) is 13.2 Å². The van der Waals surface area contributed by atoms with E-state index in [1.54, 1.807) is 19.2 Å². The molecule has 0 radical (unpaired) electrons. The summed E-state index contributed by atoms with van der Waals surface area (Å²) < 4.78 is 52.8.